The summed E-state index contributed by atoms with van der Waals surface area (Å²) in [5.74, 6) is 0.905. The molecule has 1 unspecified atom stereocenters. The van der Waals surface area contributed by atoms with Crippen LogP contribution in [0, 0.1) is 0 Å². The molecule has 4 aromatic rings. The van der Waals surface area contributed by atoms with E-state index in [0.29, 0.717) is 6.54 Å². The quantitative estimate of drug-likeness (QED) is 0.468. The van der Waals surface area contributed by atoms with Crippen LogP contribution in [-0.2, 0) is 13.0 Å². The monoisotopic (exact) mass is 342 g/mol. The summed E-state index contributed by atoms with van der Waals surface area (Å²) in [6.07, 6.45) is 6.52. The minimum absolute atomic E-state index is 0.0950. The molecule has 0 aliphatic carbocycles. The number of nitrogens with zero attached hydrogens (tertiary/aromatic N) is 2. The maximum Gasteiger partial charge on any atom is 0.142 e. The average molecular weight is 342 g/mol. The van der Waals surface area contributed by atoms with Crippen LogP contribution < -0.4 is 4.74 Å². The number of imidazole rings is 1. The summed E-state index contributed by atoms with van der Waals surface area (Å²) < 4.78 is 8.54. The second-order valence-electron chi connectivity index (χ2n) is 6.44. The van der Waals surface area contributed by atoms with Crippen molar-refractivity contribution in [3.05, 3.63) is 96.6 Å². The van der Waals surface area contributed by atoms with Crippen LogP contribution in [0.2, 0.25) is 0 Å². The predicted octanol–water partition coefficient (Wildman–Crippen LogP) is 5.42. The number of aromatic nitrogens is 2. The third kappa shape index (κ3) is 3.47. The molecule has 0 saturated heterocycles. The summed E-state index contributed by atoms with van der Waals surface area (Å²) in [6.45, 7) is 2.87. The highest BCUT2D eigenvalue weighted by atomic mass is 16.5. The highest BCUT2D eigenvalue weighted by Gasteiger charge is 2.17. The van der Waals surface area contributed by atoms with E-state index >= 15 is 0 Å². The summed E-state index contributed by atoms with van der Waals surface area (Å²) in [4.78, 5) is 4.17. The lowest BCUT2D eigenvalue weighted by Gasteiger charge is -2.22. The van der Waals surface area contributed by atoms with Crippen molar-refractivity contribution in [1.82, 2.24) is 9.55 Å². The Kier molecular flexibility index (Phi) is 4.69. The molecule has 0 N–H and O–H groups in total. The summed E-state index contributed by atoms with van der Waals surface area (Å²) in [5.41, 5.74) is 2.47. The van der Waals surface area contributed by atoms with E-state index in [-0.39, 0.29) is 6.10 Å². The molecule has 1 atom stereocenters. The first-order valence-corrected chi connectivity index (χ1v) is 9.02. The van der Waals surface area contributed by atoms with Gasteiger partial charge < -0.3 is 9.30 Å². The molecule has 0 aliphatic heterocycles. The topological polar surface area (TPSA) is 27.1 Å². The number of rotatable bonds is 6. The first-order valence-electron chi connectivity index (χ1n) is 9.02. The SMILES string of the molecule is CCc1cccc(OC(Cn2ccnc2)c2cccc3ccccc23)c1. The largest absolute Gasteiger partial charge is 0.484 e. The lowest BCUT2D eigenvalue weighted by Crippen LogP contribution is -2.15. The normalized spacial score (nSPS) is 12.2. The highest BCUT2D eigenvalue weighted by molar-refractivity contribution is 5.86. The summed E-state index contributed by atoms with van der Waals surface area (Å²) in [5, 5.41) is 2.46. The fourth-order valence-corrected chi connectivity index (χ4v) is 3.32. The Morgan fingerprint density at radius 2 is 1.85 bits per heavy atom. The van der Waals surface area contributed by atoms with Crippen molar-refractivity contribution in [2.45, 2.75) is 26.0 Å². The van der Waals surface area contributed by atoms with Gasteiger partial charge in [0.25, 0.3) is 0 Å². The zero-order chi connectivity index (χ0) is 17.8. The maximum atomic E-state index is 6.48. The van der Waals surface area contributed by atoms with E-state index in [9.17, 15) is 0 Å². The molecule has 3 nitrogen and oxygen atoms in total. The van der Waals surface area contributed by atoms with Crippen molar-refractivity contribution < 1.29 is 4.74 Å². The van der Waals surface area contributed by atoms with Gasteiger partial charge in [0.1, 0.15) is 11.9 Å². The van der Waals surface area contributed by atoms with Gasteiger partial charge in [-0.3, -0.25) is 0 Å². The number of hydrogen-bond acceptors (Lipinski definition) is 2. The van der Waals surface area contributed by atoms with Gasteiger partial charge in [-0.2, -0.15) is 0 Å². The van der Waals surface area contributed by atoms with Crippen molar-refractivity contribution >= 4 is 10.8 Å². The predicted molar refractivity (Wildman–Crippen MR) is 105 cm³/mol. The van der Waals surface area contributed by atoms with E-state index < -0.39 is 0 Å². The molecule has 0 spiro atoms. The van der Waals surface area contributed by atoms with Gasteiger partial charge in [-0.05, 0) is 34.9 Å². The van der Waals surface area contributed by atoms with Crippen molar-refractivity contribution in [3.63, 3.8) is 0 Å². The van der Waals surface area contributed by atoms with Crippen molar-refractivity contribution in [3.8, 4) is 5.75 Å². The average Bonchev–Trinajstić information content (AvgIpc) is 3.20. The maximum absolute atomic E-state index is 6.48. The second-order valence-corrected chi connectivity index (χ2v) is 6.44. The zero-order valence-corrected chi connectivity index (χ0v) is 14.9. The molecule has 1 aromatic heterocycles. The van der Waals surface area contributed by atoms with Crippen LogP contribution in [0.25, 0.3) is 10.8 Å². The molecule has 26 heavy (non-hydrogen) atoms. The Labute approximate surface area is 153 Å². The molecule has 0 saturated carbocycles. The van der Waals surface area contributed by atoms with Gasteiger partial charge >= 0.3 is 0 Å². The third-order valence-electron chi connectivity index (χ3n) is 4.69. The molecule has 0 aliphatic rings. The molecule has 0 bridgehead atoms. The van der Waals surface area contributed by atoms with Gasteiger partial charge in [0, 0.05) is 18.0 Å². The van der Waals surface area contributed by atoms with Gasteiger partial charge in [0.2, 0.25) is 0 Å². The minimum atomic E-state index is -0.0950. The third-order valence-corrected chi connectivity index (χ3v) is 4.69. The number of benzene rings is 3. The molecule has 130 valence electrons. The first kappa shape index (κ1) is 16.4. The van der Waals surface area contributed by atoms with Crippen LogP contribution >= 0.6 is 0 Å². The van der Waals surface area contributed by atoms with Crippen LogP contribution in [0.15, 0.2) is 85.5 Å². The molecule has 0 amide bonds. The number of fused-ring (bicyclic) bond motifs is 1. The van der Waals surface area contributed by atoms with E-state index in [1.807, 2.05) is 18.6 Å². The van der Waals surface area contributed by atoms with Crippen LogP contribution in [-0.4, -0.2) is 9.55 Å². The zero-order valence-electron chi connectivity index (χ0n) is 14.9. The second kappa shape index (κ2) is 7.44. The van der Waals surface area contributed by atoms with Crippen LogP contribution in [0.5, 0.6) is 5.75 Å². The molecule has 0 fully saturated rings. The number of aryl methyl sites for hydroxylation is 1. The lowest BCUT2D eigenvalue weighted by molar-refractivity contribution is 0.185. The molecule has 0 radical (unpaired) electrons. The van der Waals surface area contributed by atoms with Gasteiger partial charge in [0.05, 0.1) is 12.9 Å². The number of hydrogen-bond donors (Lipinski definition) is 0. The fraction of sp³-hybridized carbons (Fsp3) is 0.174. The Morgan fingerprint density at radius 1 is 1.00 bits per heavy atom. The Bertz CT molecular complexity index is 987. The van der Waals surface area contributed by atoms with Gasteiger partial charge in [-0.1, -0.05) is 61.5 Å². The van der Waals surface area contributed by atoms with Gasteiger partial charge in [-0.25, -0.2) is 4.98 Å². The van der Waals surface area contributed by atoms with Crippen molar-refractivity contribution in [2.75, 3.05) is 0 Å². The molecular weight excluding hydrogens is 320 g/mol. The standard InChI is InChI=1S/C23H22N2O/c1-2-18-7-5-10-20(15-18)26-23(16-25-14-13-24-17-25)22-12-6-9-19-8-3-4-11-21(19)22/h3-15,17,23H,2,16H2,1H3. The van der Waals surface area contributed by atoms with E-state index in [0.717, 1.165) is 12.2 Å². The number of ether oxygens (including phenoxy) is 1. The smallest absolute Gasteiger partial charge is 0.142 e. The minimum Gasteiger partial charge on any atom is -0.484 e. The molecule has 3 heteroatoms. The summed E-state index contributed by atoms with van der Waals surface area (Å²) in [6, 6.07) is 23.2. The van der Waals surface area contributed by atoms with Crippen LogP contribution in [0.3, 0.4) is 0 Å². The summed E-state index contributed by atoms with van der Waals surface area (Å²) >= 11 is 0. The van der Waals surface area contributed by atoms with E-state index in [1.165, 1.54) is 21.9 Å². The molecule has 1 heterocycles. The Hall–Kier alpha value is -3.07. The van der Waals surface area contributed by atoms with E-state index in [4.69, 9.17) is 4.74 Å². The summed E-state index contributed by atoms with van der Waals surface area (Å²) in [7, 11) is 0. The Balaban J connectivity index is 1.74. The molecular formula is C23H22N2O. The van der Waals surface area contributed by atoms with Crippen LogP contribution in [0.4, 0.5) is 0 Å². The molecule has 4 rings (SSSR count). The highest BCUT2D eigenvalue weighted by Crippen LogP contribution is 2.30. The van der Waals surface area contributed by atoms with E-state index in [1.54, 1.807) is 6.20 Å². The van der Waals surface area contributed by atoms with Gasteiger partial charge in [0.15, 0.2) is 0 Å². The van der Waals surface area contributed by atoms with E-state index in [2.05, 4.69) is 77.1 Å². The Morgan fingerprint density at radius 3 is 2.69 bits per heavy atom. The van der Waals surface area contributed by atoms with Crippen molar-refractivity contribution in [2.24, 2.45) is 0 Å². The molecule has 3 aromatic carbocycles. The lowest BCUT2D eigenvalue weighted by atomic mass is 10.00. The van der Waals surface area contributed by atoms with Gasteiger partial charge in [-0.15, -0.1) is 0 Å². The fourth-order valence-electron chi connectivity index (χ4n) is 3.32. The van der Waals surface area contributed by atoms with Crippen molar-refractivity contribution in [1.29, 1.82) is 0 Å². The first-order chi connectivity index (χ1) is 12.8. The van der Waals surface area contributed by atoms with Crippen LogP contribution in [0.1, 0.15) is 24.2 Å².